The first-order chi connectivity index (χ1) is 13.3. The van der Waals surface area contributed by atoms with Gasteiger partial charge in [-0.1, -0.05) is 43.0 Å². The van der Waals surface area contributed by atoms with Crippen LogP contribution < -0.4 is 0 Å². The lowest BCUT2D eigenvalue weighted by molar-refractivity contribution is -0.0138. The predicted octanol–water partition coefficient (Wildman–Crippen LogP) is 6.61. The van der Waals surface area contributed by atoms with Crippen molar-refractivity contribution in [3.63, 3.8) is 0 Å². The quantitative estimate of drug-likeness (QED) is 0.534. The summed E-state index contributed by atoms with van der Waals surface area (Å²) in [5.41, 5.74) is 4.47. The average molecular weight is 365 g/mol. The highest BCUT2D eigenvalue weighted by Gasteiger charge is 2.38. The number of ether oxygens (including phenoxy) is 1. The van der Waals surface area contributed by atoms with E-state index in [0.717, 1.165) is 30.3 Å². The number of hydrogen-bond donors (Lipinski definition) is 0. The molecule has 0 aliphatic heterocycles. The Labute approximate surface area is 165 Å². The zero-order valence-electron chi connectivity index (χ0n) is 17.0. The Kier molecular flexibility index (Phi) is 6.18. The van der Waals surface area contributed by atoms with Gasteiger partial charge in [0.2, 0.25) is 0 Å². The molecule has 3 unspecified atom stereocenters. The first-order valence-corrected chi connectivity index (χ1v) is 11.2. The molecule has 3 aliphatic rings. The van der Waals surface area contributed by atoms with Crippen LogP contribution in [0.1, 0.15) is 68.6 Å². The first-order valence-electron chi connectivity index (χ1n) is 11.2. The van der Waals surface area contributed by atoms with E-state index in [-0.39, 0.29) is 0 Å². The molecule has 0 saturated heterocycles. The number of rotatable bonds is 5. The van der Waals surface area contributed by atoms with E-state index in [1.807, 2.05) is 6.08 Å². The van der Waals surface area contributed by atoms with E-state index < -0.39 is 0 Å². The molecule has 4 rings (SSSR count). The predicted molar refractivity (Wildman–Crippen MR) is 115 cm³/mol. The molecule has 146 valence electrons. The highest BCUT2D eigenvalue weighted by atomic mass is 16.5. The summed E-state index contributed by atoms with van der Waals surface area (Å²) in [5.74, 6) is 3.77. The van der Waals surface area contributed by atoms with E-state index in [9.17, 15) is 0 Å². The number of hydrogen-bond acceptors (Lipinski definition) is 1. The molecule has 0 aromatic heterocycles. The Morgan fingerprint density at radius 2 is 1.74 bits per heavy atom. The number of aryl methyl sites for hydroxylation is 1. The number of fused-ring (bicyclic) bond motifs is 2. The van der Waals surface area contributed by atoms with E-state index in [2.05, 4.69) is 43.9 Å². The maximum atomic E-state index is 6.08. The molecule has 5 atom stereocenters. The molecule has 0 bridgehead atoms. The standard InChI is InChI=1S/C26H36O/c1-3-5-14-27-26-13-12-24-17-23(10-11-25(24)18-26)22-9-8-20-15-19(4-2)6-7-21(20)16-22/h3-7,15,22-26H,2,8-14,16-18H2,1H3/t22?,23?,24-,25?,26-/m1/s1. The second-order valence-electron chi connectivity index (χ2n) is 9.17. The third-order valence-corrected chi connectivity index (χ3v) is 7.67. The summed E-state index contributed by atoms with van der Waals surface area (Å²) in [4.78, 5) is 0. The van der Waals surface area contributed by atoms with Crippen molar-refractivity contribution in [3.05, 3.63) is 53.6 Å². The largest absolute Gasteiger partial charge is 0.374 e. The molecule has 0 spiro atoms. The fourth-order valence-corrected chi connectivity index (χ4v) is 6.08. The minimum atomic E-state index is 0.514. The lowest BCUT2D eigenvalue weighted by Gasteiger charge is -2.44. The zero-order chi connectivity index (χ0) is 18.6. The van der Waals surface area contributed by atoms with Gasteiger partial charge in [0.15, 0.2) is 0 Å². The van der Waals surface area contributed by atoms with Crippen LogP contribution in [-0.2, 0) is 17.6 Å². The molecule has 0 heterocycles. The minimum absolute atomic E-state index is 0.514. The van der Waals surface area contributed by atoms with Crippen molar-refractivity contribution in [2.45, 2.75) is 70.8 Å². The average Bonchev–Trinajstić information content (AvgIpc) is 2.72. The van der Waals surface area contributed by atoms with Gasteiger partial charge in [0, 0.05) is 0 Å². The van der Waals surface area contributed by atoms with Crippen molar-refractivity contribution in [1.29, 1.82) is 0 Å². The molecule has 27 heavy (non-hydrogen) atoms. The molecule has 2 saturated carbocycles. The monoisotopic (exact) mass is 364 g/mol. The summed E-state index contributed by atoms with van der Waals surface area (Å²) in [6, 6.07) is 6.99. The summed E-state index contributed by atoms with van der Waals surface area (Å²) >= 11 is 0. The van der Waals surface area contributed by atoms with Crippen molar-refractivity contribution >= 4 is 6.08 Å². The third kappa shape index (κ3) is 4.40. The van der Waals surface area contributed by atoms with Gasteiger partial charge in [-0.2, -0.15) is 0 Å². The Morgan fingerprint density at radius 1 is 0.963 bits per heavy atom. The van der Waals surface area contributed by atoms with E-state index in [4.69, 9.17) is 4.74 Å². The second kappa shape index (κ2) is 8.78. The number of allylic oxidation sites excluding steroid dienone is 1. The topological polar surface area (TPSA) is 9.23 Å². The SMILES string of the molecule is C=Cc1ccc2c(c1)CCC(C1CCC3C[C@H](OCC=CC)CC[C@@H]3C1)C2. The molecule has 3 aliphatic carbocycles. The minimum Gasteiger partial charge on any atom is -0.374 e. The highest BCUT2D eigenvalue weighted by Crippen LogP contribution is 2.47. The van der Waals surface area contributed by atoms with Gasteiger partial charge in [0.25, 0.3) is 0 Å². The Bertz CT molecular complexity index is 673. The maximum absolute atomic E-state index is 6.08. The van der Waals surface area contributed by atoms with E-state index in [0.29, 0.717) is 6.10 Å². The van der Waals surface area contributed by atoms with Crippen molar-refractivity contribution in [1.82, 2.24) is 0 Å². The molecular formula is C26H36O. The van der Waals surface area contributed by atoms with Crippen LogP contribution in [0, 0.1) is 23.7 Å². The van der Waals surface area contributed by atoms with E-state index >= 15 is 0 Å². The van der Waals surface area contributed by atoms with Gasteiger partial charge >= 0.3 is 0 Å². The Balaban J connectivity index is 1.32. The smallest absolute Gasteiger partial charge is 0.0651 e. The van der Waals surface area contributed by atoms with Crippen LogP contribution in [0.5, 0.6) is 0 Å². The van der Waals surface area contributed by atoms with E-state index in [1.165, 1.54) is 63.4 Å². The number of benzene rings is 1. The van der Waals surface area contributed by atoms with Crippen molar-refractivity contribution < 1.29 is 4.74 Å². The molecule has 2 fully saturated rings. The van der Waals surface area contributed by atoms with Crippen LogP contribution in [0.2, 0.25) is 0 Å². The lowest BCUT2D eigenvalue weighted by atomic mass is 9.62. The molecule has 1 aromatic rings. The normalized spacial score (nSPS) is 33.4. The highest BCUT2D eigenvalue weighted by molar-refractivity contribution is 5.50. The first kappa shape index (κ1) is 19.0. The molecule has 1 aromatic carbocycles. The molecule has 1 heteroatoms. The van der Waals surface area contributed by atoms with Gasteiger partial charge < -0.3 is 4.74 Å². The van der Waals surface area contributed by atoms with Crippen molar-refractivity contribution in [3.8, 4) is 0 Å². The van der Waals surface area contributed by atoms with Crippen LogP contribution in [0.25, 0.3) is 6.08 Å². The van der Waals surface area contributed by atoms with Crippen molar-refractivity contribution in [2.24, 2.45) is 23.7 Å². The summed E-state index contributed by atoms with van der Waals surface area (Å²) in [6.07, 6.45) is 19.1. The van der Waals surface area contributed by atoms with Crippen LogP contribution in [0.3, 0.4) is 0 Å². The van der Waals surface area contributed by atoms with Gasteiger partial charge in [-0.15, -0.1) is 0 Å². The van der Waals surface area contributed by atoms with Gasteiger partial charge in [0.05, 0.1) is 12.7 Å². The van der Waals surface area contributed by atoms with Gasteiger partial charge in [0.1, 0.15) is 0 Å². The van der Waals surface area contributed by atoms with Gasteiger partial charge in [-0.05, 0) is 105 Å². The van der Waals surface area contributed by atoms with Crippen LogP contribution in [0.15, 0.2) is 36.9 Å². The second-order valence-corrected chi connectivity index (χ2v) is 9.17. The summed E-state index contributed by atoms with van der Waals surface area (Å²) in [6.45, 7) is 6.80. The van der Waals surface area contributed by atoms with Gasteiger partial charge in [-0.25, -0.2) is 0 Å². The summed E-state index contributed by atoms with van der Waals surface area (Å²) in [7, 11) is 0. The van der Waals surface area contributed by atoms with Crippen LogP contribution >= 0.6 is 0 Å². The summed E-state index contributed by atoms with van der Waals surface area (Å²) in [5, 5.41) is 0. The lowest BCUT2D eigenvalue weighted by Crippen LogP contribution is -2.37. The fraction of sp³-hybridized carbons (Fsp3) is 0.615. The fourth-order valence-electron chi connectivity index (χ4n) is 6.08. The third-order valence-electron chi connectivity index (χ3n) is 7.67. The maximum Gasteiger partial charge on any atom is 0.0651 e. The Morgan fingerprint density at radius 3 is 2.56 bits per heavy atom. The van der Waals surface area contributed by atoms with Crippen molar-refractivity contribution in [2.75, 3.05) is 6.61 Å². The molecule has 0 amide bonds. The van der Waals surface area contributed by atoms with E-state index in [1.54, 1.807) is 11.1 Å². The zero-order valence-corrected chi connectivity index (χ0v) is 17.0. The molecule has 0 N–H and O–H groups in total. The van der Waals surface area contributed by atoms with Crippen LogP contribution in [-0.4, -0.2) is 12.7 Å². The Hall–Kier alpha value is -1.34. The van der Waals surface area contributed by atoms with Crippen LogP contribution in [0.4, 0.5) is 0 Å². The molecule has 1 nitrogen and oxygen atoms in total. The van der Waals surface area contributed by atoms with Gasteiger partial charge in [-0.3, -0.25) is 0 Å². The molecule has 0 radical (unpaired) electrons. The summed E-state index contributed by atoms with van der Waals surface area (Å²) < 4.78 is 6.08. The molecular weight excluding hydrogens is 328 g/mol.